The standard InChI is InChI=1S/C13H16N2O/c1-9-13(10(2)16-15-9)12-6-4-5-11(7-12)8-14-3/h4-7,14H,8H2,1-3H3. The van der Waals surface area contributed by atoms with E-state index in [0.717, 1.165) is 23.6 Å². The summed E-state index contributed by atoms with van der Waals surface area (Å²) < 4.78 is 5.18. The first kappa shape index (κ1) is 10.9. The molecule has 2 rings (SSSR count). The van der Waals surface area contributed by atoms with Crippen LogP contribution >= 0.6 is 0 Å². The molecule has 0 unspecified atom stereocenters. The Morgan fingerprint density at radius 1 is 1.31 bits per heavy atom. The summed E-state index contributed by atoms with van der Waals surface area (Å²) in [6.07, 6.45) is 0. The summed E-state index contributed by atoms with van der Waals surface area (Å²) in [6.45, 7) is 4.79. The van der Waals surface area contributed by atoms with Crippen molar-refractivity contribution >= 4 is 0 Å². The van der Waals surface area contributed by atoms with Crippen LogP contribution in [0.1, 0.15) is 17.0 Å². The van der Waals surface area contributed by atoms with Gasteiger partial charge in [0.2, 0.25) is 0 Å². The first-order valence-corrected chi connectivity index (χ1v) is 5.39. The summed E-state index contributed by atoms with van der Waals surface area (Å²) in [4.78, 5) is 0. The fraction of sp³-hybridized carbons (Fsp3) is 0.308. The maximum Gasteiger partial charge on any atom is 0.141 e. The number of hydrogen-bond donors (Lipinski definition) is 1. The van der Waals surface area contributed by atoms with Gasteiger partial charge in [-0.15, -0.1) is 0 Å². The lowest BCUT2D eigenvalue weighted by molar-refractivity contribution is 0.393. The summed E-state index contributed by atoms with van der Waals surface area (Å²) >= 11 is 0. The number of nitrogens with one attached hydrogen (secondary N) is 1. The number of nitrogens with zero attached hydrogens (tertiary/aromatic N) is 1. The van der Waals surface area contributed by atoms with E-state index in [9.17, 15) is 0 Å². The number of aromatic nitrogens is 1. The Morgan fingerprint density at radius 2 is 2.12 bits per heavy atom. The monoisotopic (exact) mass is 216 g/mol. The third-order valence-corrected chi connectivity index (χ3v) is 2.63. The molecular formula is C13H16N2O. The molecule has 3 nitrogen and oxygen atoms in total. The molecule has 0 amide bonds. The van der Waals surface area contributed by atoms with Gasteiger partial charge in [0.1, 0.15) is 5.76 Å². The second kappa shape index (κ2) is 4.49. The highest BCUT2D eigenvalue weighted by molar-refractivity contribution is 5.68. The second-order valence-electron chi connectivity index (χ2n) is 3.93. The lowest BCUT2D eigenvalue weighted by Gasteiger charge is -2.04. The Bertz CT molecular complexity index is 469. The summed E-state index contributed by atoms with van der Waals surface area (Å²) in [5.41, 5.74) is 4.49. The highest BCUT2D eigenvalue weighted by atomic mass is 16.5. The van der Waals surface area contributed by atoms with Crippen LogP contribution in [0.3, 0.4) is 0 Å². The van der Waals surface area contributed by atoms with Crippen molar-refractivity contribution in [1.82, 2.24) is 10.5 Å². The van der Waals surface area contributed by atoms with Crippen molar-refractivity contribution in [2.24, 2.45) is 0 Å². The number of rotatable bonds is 3. The first-order chi connectivity index (χ1) is 7.72. The molecule has 0 spiro atoms. The van der Waals surface area contributed by atoms with Crippen LogP contribution in [0.4, 0.5) is 0 Å². The lowest BCUT2D eigenvalue weighted by atomic mass is 10.0. The van der Waals surface area contributed by atoms with Crippen LogP contribution in [0.2, 0.25) is 0 Å². The van der Waals surface area contributed by atoms with Crippen LogP contribution in [0.5, 0.6) is 0 Å². The van der Waals surface area contributed by atoms with Gasteiger partial charge < -0.3 is 9.84 Å². The van der Waals surface area contributed by atoms with Crippen molar-refractivity contribution in [2.45, 2.75) is 20.4 Å². The predicted molar refractivity (Wildman–Crippen MR) is 64.2 cm³/mol. The van der Waals surface area contributed by atoms with E-state index in [1.165, 1.54) is 11.1 Å². The summed E-state index contributed by atoms with van der Waals surface area (Å²) in [5.74, 6) is 0.874. The van der Waals surface area contributed by atoms with Crippen LogP contribution in [0.25, 0.3) is 11.1 Å². The van der Waals surface area contributed by atoms with Crippen molar-refractivity contribution in [3.8, 4) is 11.1 Å². The smallest absolute Gasteiger partial charge is 0.141 e. The SMILES string of the molecule is CNCc1cccc(-c2c(C)noc2C)c1. The maximum absolute atomic E-state index is 5.18. The third kappa shape index (κ3) is 1.99. The number of aryl methyl sites for hydroxylation is 2. The van der Waals surface area contributed by atoms with E-state index in [0.29, 0.717) is 0 Å². The molecule has 3 heteroatoms. The van der Waals surface area contributed by atoms with Crippen LogP contribution in [-0.2, 0) is 6.54 Å². The van der Waals surface area contributed by atoms with Gasteiger partial charge in [-0.05, 0) is 38.1 Å². The second-order valence-corrected chi connectivity index (χ2v) is 3.93. The molecule has 0 aliphatic heterocycles. The highest BCUT2D eigenvalue weighted by Crippen LogP contribution is 2.27. The van der Waals surface area contributed by atoms with Crippen molar-refractivity contribution in [3.05, 3.63) is 41.3 Å². The minimum absolute atomic E-state index is 0.872. The maximum atomic E-state index is 5.18. The van der Waals surface area contributed by atoms with Gasteiger partial charge in [-0.1, -0.05) is 23.4 Å². The molecule has 1 N–H and O–H groups in total. The first-order valence-electron chi connectivity index (χ1n) is 5.39. The Balaban J connectivity index is 2.44. The molecule has 1 aromatic carbocycles. The minimum Gasteiger partial charge on any atom is -0.361 e. The van der Waals surface area contributed by atoms with Gasteiger partial charge in [-0.25, -0.2) is 0 Å². The molecule has 2 aromatic rings. The van der Waals surface area contributed by atoms with E-state index < -0.39 is 0 Å². The van der Waals surface area contributed by atoms with E-state index in [4.69, 9.17) is 4.52 Å². The molecule has 0 bridgehead atoms. The molecule has 0 aliphatic rings. The summed E-state index contributed by atoms with van der Waals surface area (Å²) in [7, 11) is 1.95. The highest BCUT2D eigenvalue weighted by Gasteiger charge is 2.11. The zero-order chi connectivity index (χ0) is 11.5. The summed E-state index contributed by atoms with van der Waals surface area (Å²) in [5, 5.41) is 7.12. The topological polar surface area (TPSA) is 38.1 Å². The fourth-order valence-corrected chi connectivity index (χ4v) is 1.94. The van der Waals surface area contributed by atoms with E-state index in [1.54, 1.807) is 0 Å². The average Bonchev–Trinajstić information content (AvgIpc) is 2.59. The minimum atomic E-state index is 0.872. The zero-order valence-electron chi connectivity index (χ0n) is 9.87. The zero-order valence-corrected chi connectivity index (χ0v) is 9.87. The van der Waals surface area contributed by atoms with E-state index in [1.807, 2.05) is 20.9 Å². The Kier molecular flexibility index (Phi) is 3.06. The Hall–Kier alpha value is -1.61. The van der Waals surface area contributed by atoms with Gasteiger partial charge in [-0.3, -0.25) is 0 Å². The fourth-order valence-electron chi connectivity index (χ4n) is 1.94. The molecular weight excluding hydrogens is 200 g/mol. The van der Waals surface area contributed by atoms with E-state index in [-0.39, 0.29) is 0 Å². The number of hydrogen-bond acceptors (Lipinski definition) is 3. The molecule has 0 saturated heterocycles. The molecule has 84 valence electrons. The summed E-state index contributed by atoms with van der Waals surface area (Å²) in [6, 6.07) is 8.43. The van der Waals surface area contributed by atoms with Crippen molar-refractivity contribution < 1.29 is 4.52 Å². The van der Waals surface area contributed by atoms with Gasteiger partial charge in [0.25, 0.3) is 0 Å². The molecule has 0 aliphatic carbocycles. The van der Waals surface area contributed by atoms with Crippen LogP contribution in [-0.4, -0.2) is 12.2 Å². The average molecular weight is 216 g/mol. The molecule has 0 atom stereocenters. The molecule has 0 fully saturated rings. The van der Waals surface area contributed by atoms with Crippen molar-refractivity contribution in [2.75, 3.05) is 7.05 Å². The van der Waals surface area contributed by atoms with Crippen molar-refractivity contribution in [3.63, 3.8) is 0 Å². The van der Waals surface area contributed by atoms with E-state index in [2.05, 4.69) is 34.7 Å². The van der Waals surface area contributed by atoms with Crippen LogP contribution < -0.4 is 5.32 Å². The molecule has 16 heavy (non-hydrogen) atoms. The quantitative estimate of drug-likeness (QED) is 0.857. The molecule has 0 radical (unpaired) electrons. The normalized spacial score (nSPS) is 10.7. The van der Waals surface area contributed by atoms with E-state index >= 15 is 0 Å². The van der Waals surface area contributed by atoms with Gasteiger partial charge in [0.05, 0.1) is 5.69 Å². The van der Waals surface area contributed by atoms with Gasteiger partial charge in [0, 0.05) is 12.1 Å². The Morgan fingerprint density at radius 3 is 2.75 bits per heavy atom. The molecule has 0 saturated carbocycles. The van der Waals surface area contributed by atoms with Gasteiger partial charge in [0.15, 0.2) is 0 Å². The van der Waals surface area contributed by atoms with Gasteiger partial charge in [-0.2, -0.15) is 0 Å². The van der Waals surface area contributed by atoms with Crippen LogP contribution in [0.15, 0.2) is 28.8 Å². The predicted octanol–water partition coefficient (Wildman–Crippen LogP) is 2.68. The third-order valence-electron chi connectivity index (χ3n) is 2.63. The van der Waals surface area contributed by atoms with Crippen molar-refractivity contribution in [1.29, 1.82) is 0 Å². The molecule has 1 aromatic heterocycles. The van der Waals surface area contributed by atoms with Gasteiger partial charge >= 0.3 is 0 Å². The molecule has 1 heterocycles. The Labute approximate surface area is 95.5 Å². The lowest BCUT2D eigenvalue weighted by Crippen LogP contribution is -2.04. The van der Waals surface area contributed by atoms with Crippen LogP contribution in [0, 0.1) is 13.8 Å². The largest absolute Gasteiger partial charge is 0.361 e. The number of benzene rings is 1.